The van der Waals surface area contributed by atoms with Crippen LogP contribution in [0.3, 0.4) is 0 Å². The third kappa shape index (κ3) is 4.09. The molecule has 0 spiro atoms. The molecule has 1 N–H and O–H groups in total. The molecule has 0 bridgehead atoms. The Kier molecular flexibility index (Phi) is 5.43. The van der Waals surface area contributed by atoms with Crippen molar-refractivity contribution < 1.29 is 31.8 Å². The molecule has 2 aromatic rings. The minimum atomic E-state index is -4.01. The van der Waals surface area contributed by atoms with E-state index in [9.17, 15) is 22.0 Å². The summed E-state index contributed by atoms with van der Waals surface area (Å²) in [6.07, 6.45) is 1.18. The monoisotopic (exact) mass is 397 g/mol. The van der Waals surface area contributed by atoms with Gasteiger partial charge in [-0.15, -0.1) is 0 Å². The highest BCUT2D eigenvalue weighted by Crippen LogP contribution is 2.28. The minimum Gasteiger partial charge on any atom is -0.492 e. The molecular formula is C18H17F2NO5S. The number of nitrogens with zero attached hydrogens (tertiary/aromatic N) is 1. The lowest BCUT2D eigenvalue weighted by Gasteiger charge is -2.24. The Labute approximate surface area is 155 Å². The first-order valence-corrected chi connectivity index (χ1v) is 9.66. The van der Waals surface area contributed by atoms with Gasteiger partial charge in [-0.3, -0.25) is 0 Å². The number of carboxylic acids is 1. The SMILES string of the molecule is O=C(O)c1cc(S(=O)(=O)N2CCCC2COc2ccc(F)cc2)ccc1F. The summed E-state index contributed by atoms with van der Waals surface area (Å²) in [4.78, 5) is 10.8. The van der Waals surface area contributed by atoms with Crippen LogP contribution in [0.1, 0.15) is 23.2 Å². The van der Waals surface area contributed by atoms with Gasteiger partial charge in [-0.1, -0.05) is 0 Å². The lowest BCUT2D eigenvalue weighted by molar-refractivity contribution is 0.0691. The zero-order valence-corrected chi connectivity index (χ0v) is 15.0. The van der Waals surface area contributed by atoms with Gasteiger partial charge in [-0.05, 0) is 55.3 Å². The van der Waals surface area contributed by atoms with Crippen LogP contribution in [0.25, 0.3) is 0 Å². The highest BCUT2D eigenvalue weighted by molar-refractivity contribution is 7.89. The van der Waals surface area contributed by atoms with Crippen molar-refractivity contribution in [3.8, 4) is 5.75 Å². The quantitative estimate of drug-likeness (QED) is 0.810. The molecule has 0 aliphatic carbocycles. The molecule has 2 aromatic carbocycles. The Bertz CT molecular complexity index is 947. The van der Waals surface area contributed by atoms with E-state index in [4.69, 9.17) is 9.84 Å². The van der Waals surface area contributed by atoms with Gasteiger partial charge in [0.1, 0.15) is 24.0 Å². The van der Waals surface area contributed by atoms with E-state index in [0.717, 1.165) is 18.2 Å². The second kappa shape index (κ2) is 7.61. The minimum absolute atomic E-state index is 0.0673. The number of aromatic carboxylic acids is 1. The Balaban J connectivity index is 1.79. The van der Waals surface area contributed by atoms with Crippen molar-refractivity contribution in [2.24, 2.45) is 0 Å². The van der Waals surface area contributed by atoms with Gasteiger partial charge in [-0.2, -0.15) is 4.31 Å². The molecule has 0 radical (unpaired) electrons. The summed E-state index contributed by atoms with van der Waals surface area (Å²) < 4.78 is 59.1. The zero-order chi connectivity index (χ0) is 19.6. The molecule has 1 saturated heterocycles. The first-order valence-electron chi connectivity index (χ1n) is 8.22. The summed E-state index contributed by atoms with van der Waals surface area (Å²) >= 11 is 0. The van der Waals surface area contributed by atoms with E-state index in [-0.39, 0.29) is 18.0 Å². The van der Waals surface area contributed by atoms with Crippen LogP contribution in [-0.4, -0.2) is 43.0 Å². The summed E-state index contributed by atoms with van der Waals surface area (Å²) in [5.41, 5.74) is -0.700. The Hall–Kier alpha value is -2.52. The van der Waals surface area contributed by atoms with E-state index in [1.807, 2.05) is 0 Å². The number of hydrogen-bond donors (Lipinski definition) is 1. The number of ether oxygens (including phenoxy) is 1. The van der Waals surface area contributed by atoms with Crippen LogP contribution < -0.4 is 4.74 Å². The third-order valence-electron chi connectivity index (χ3n) is 4.35. The third-order valence-corrected chi connectivity index (χ3v) is 6.30. The summed E-state index contributed by atoms with van der Waals surface area (Å²) in [5.74, 6) is -2.53. The van der Waals surface area contributed by atoms with Gasteiger partial charge in [0.15, 0.2) is 0 Å². The van der Waals surface area contributed by atoms with Gasteiger partial charge in [-0.25, -0.2) is 22.0 Å². The van der Waals surface area contributed by atoms with E-state index in [1.165, 1.54) is 28.6 Å². The maximum atomic E-state index is 13.6. The second-order valence-corrected chi connectivity index (χ2v) is 8.01. The maximum Gasteiger partial charge on any atom is 0.338 e. The van der Waals surface area contributed by atoms with Crippen LogP contribution in [0, 0.1) is 11.6 Å². The van der Waals surface area contributed by atoms with Gasteiger partial charge in [0, 0.05) is 6.54 Å². The van der Waals surface area contributed by atoms with Crippen molar-refractivity contribution in [3.05, 3.63) is 59.7 Å². The molecule has 3 rings (SSSR count). The first kappa shape index (κ1) is 19.2. The molecule has 1 unspecified atom stereocenters. The van der Waals surface area contributed by atoms with Gasteiger partial charge in [0.05, 0.1) is 16.5 Å². The largest absolute Gasteiger partial charge is 0.492 e. The van der Waals surface area contributed by atoms with Crippen LogP contribution in [0.15, 0.2) is 47.4 Å². The van der Waals surface area contributed by atoms with Crippen molar-refractivity contribution in [2.45, 2.75) is 23.8 Å². The normalized spacial score (nSPS) is 17.8. The second-order valence-electron chi connectivity index (χ2n) is 6.12. The van der Waals surface area contributed by atoms with Crippen molar-refractivity contribution in [1.82, 2.24) is 4.31 Å². The molecule has 0 aromatic heterocycles. The molecule has 1 aliphatic heterocycles. The van der Waals surface area contributed by atoms with Crippen LogP contribution in [0.2, 0.25) is 0 Å². The van der Waals surface area contributed by atoms with E-state index in [1.54, 1.807) is 0 Å². The predicted molar refractivity (Wildman–Crippen MR) is 92.2 cm³/mol. The smallest absolute Gasteiger partial charge is 0.338 e. The molecule has 0 saturated carbocycles. The molecule has 1 aliphatic rings. The molecule has 0 amide bonds. The summed E-state index contributed by atoms with van der Waals surface area (Å²) in [7, 11) is -4.01. The topological polar surface area (TPSA) is 83.9 Å². The van der Waals surface area contributed by atoms with Crippen LogP contribution in [-0.2, 0) is 10.0 Å². The van der Waals surface area contributed by atoms with E-state index in [0.29, 0.717) is 18.6 Å². The van der Waals surface area contributed by atoms with E-state index in [2.05, 4.69) is 0 Å². The standard InChI is InChI=1S/C18H17F2NO5S/c19-12-3-5-14(6-4-12)26-11-13-2-1-9-21(13)27(24,25)15-7-8-17(20)16(10-15)18(22)23/h3-8,10,13H,1-2,9,11H2,(H,22,23). The zero-order valence-electron chi connectivity index (χ0n) is 14.1. The van der Waals surface area contributed by atoms with Gasteiger partial charge >= 0.3 is 5.97 Å². The van der Waals surface area contributed by atoms with E-state index < -0.39 is 39.2 Å². The summed E-state index contributed by atoms with van der Waals surface area (Å²) in [6.45, 7) is 0.317. The van der Waals surface area contributed by atoms with Crippen molar-refractivity contribution in [2.75, 3.05) is 13.2 Å². The molecule has 144 valence electrons. The molecule has 1 heterocycles. The van der Waals surface area contributed by atoms with Gasteiger partial charge in [0.2, 0.25) is 10.0 Å². The van der Waals surface area contributed by atoms with Crippen molar-refractivity contribution >= 4 is 16.0 Å². The van der Waals surface area contributed by atoms with E-state index >= 15 is 0 Å². The maximum absolute atomic E-state index is 13.6. The fourth-order valence-electron chi connectivity index (χ4n) is 2.98. The highest BCUT2D eigenvalue weighted by atomic mass is 32.2. The molecule has 27 heavy (non-hydrogen) atoms. The van der Waals surface area contributed by atoms with Crippen LogP contribution >= 0.6 is 0 Å². The lowest BCUT2D eigenvalue weighted by Crippen LogP contribution is -2.39. The number of benzene rings is 2. The van der Waals surface area contributed by atoms with Crippen molar-refractivity contribution in [3.63, 3.8) is 0 Å². The fourth-order valence-corrected chi connectivity index (χ4v) is 4.69. The predicted octanol–water partition coefficient (Wildman–Crippen LogP) is 2.90. The van der Waals surface area contributed by atoms with Gasteiger partial charge in [0.25, 0.3) is 0 Å². The van der Waals surface area contributed by atoms with Crippen molar-refractivity contribution in [1.29, 1.82) is 0 Å². The number of carboxylic acid groups (broad SMARTS) is 1. The molecule has 1 atom stereocenters. The van der Waals surface area contributed by atoms with Crippen LogP contribution in [0.5, 0.6) is 5.75 Å². The summed E-state index contributed by atoms with van der Waals surface area (Å²) in [6, 6.07) is 7.62. The Morgan fingerprint density at radius 1 is 1.19 bits per heavy atom. The number of sulfonamides is 1. The average Bonchev–Trinajstić information content (AvgIpc) is 3.10. The molecular weight excluding hydrogens is 380 g/mol. The average molecular weight is 397 g/mol. The summed E-state index contributed by atoms with van der Waals surface area (Å²) in [5, 5.41) is 9.01. The first-order chi connectivity index (χ1) is 12.8. The number of hydrogen-bond acceptors (Lipinski definition) is 4. The number of carbonyl (C=O) groups is 1. The number of halogens is 2. The molecule has 9 heteroatoms. The number of rotatable bonds is 6. The Morgan fingerprint density at radius 2 is 1.89 bits per heavy atom. The highest BCUT2D eigenvalue weighted by Gasteiger charge is 2.36. The lowest BCUT2D eigenvalue weighted by atomic mass is 10.2. The molecule has 1 fully saturated rings. The Morgan fingerprint density at radius 3 is 2.56 bits per heavy atom. The van der Waals surface area contributed by atoms with Gasteiger partial charge < -0.3 is 9.84 Å². The molecule has 6 nitrogen and oxygen atoms in total. The van der Waals surface area contributed by atoms with Crippen LogP contribution in [0.4, 0.5) is 8.78 Å². The fraction of sp³-hybridized carbons (Fsp3) is 0.278.